The highest BCUT2D eigenvalue weighted by Gasteiger charge is 2.40. The molecule has 1 atom stereocenters. The molecule has 4 nitrogen and oxygen atoms in total. The van der Waals surface area contributed by atoms with Gasteiger partial charge in [0.25, 0.3) is 0 Å². The number of carbonyl (C=O) groups excluding carboxylic acids is 1. The monoisotopic (exact) mass is 286 g/mol. The molecule has 1 amide bonds. The Morgan fingerprint density at radius 1 is 1.47 bits per heavy atom. The highest BCUT2D eigenvalue weighted by Crippen LogP contribution is 2.38. The van der Waals surface area contributed by atoms with Gasteiger partial charge in [-0.3, -0.25) is 4.79 Å². The standard InChI is InChI=1S/C14H26N2O2S/c1-13(2,10-12(15)17)16-11-3-6-18-14(9-11)4-7-19-8-5-14/h11,16H,3-10H2,1-2H3,(H2,15,17). The number of nitrogens with two attached hydrogens (primary N) is 1. The zero-order valence-corrected chi connectivity index (χ0v) is 12.9. The lowest BCUT2D eigenvalue weighted by Gasteiger charge is -2.45. The van der Waals surface area contributed by atoms with Crippen molar-refractivity contribution in [3.8, 4) is 0 Å². The van der Waals surface area contributed by atoms with Crippen molar-refractivity contribution in [2.45, 2.75) is 63.1 Å². The number of hydrogen-bond donors (Lipinski definition) is 2. The Kier molecular flexibility index (Phi) is 4.79. The van der Waals surface area contributed by atoms with E-state index in [0.29, 0.717) is 12.5 Å². The zero-order valence-electron chi connectivity index (χ0n) is 12.0. The predicted octanol–water partition coefficient (Wildman–Crippen LogP) is 1.67. The summed E-state index contributed by atoms with van der Waals surface area (Å²) in [5, 5.41) is 3.61. The maximum absolute atomic E-state index is 11.1. The molecule has 2 aliphatic rings. The summed E-state index contributed by atoms with van der Waals surface area (Å²) < 4.78 is 6.09. The Labute approximate surface area is 120 Å². The van der Waals surface area contributed by atoms with Crippen molar-refractivity contribution in [1.82, 2.24) is 5.32 Å². The largest absolute Gasteiger partial charge is 0.375 e. The van der Waals surface area contributed by atoms with Gasteiger partial charge in [0.05, 0.1) is 5.60 Å². The quantitative estimate of drug-likeness (QED) is 0.825. The summed E-state index contributed by atoms with van der Waals surface area (Å²) in [7, 11) is 0. The molecular weight excluding hydrogens is 260 g/mol. The lowest BCUT2D eigenvalue weighted by Crippen LogP contribution is -2.54. The predicted molar refractivity (Wildman–Crippen MR) is 79.3 cm³/mol. The smallest absolute Gasteiger partial charge is 0.219 e. The van der Waals surface area contributed by atoms with Crippen molar-refractivity contribution in [1.29, 1.82) is 0 Å². The van der Waals surface area contributed by atoms with Crippen molar-refractivity contribution in [3.63, 3.8) is 0 Å². The van der Waals surface area contributed by atoms with Gasteiger partial charge in [0.1, 0.15) is 0 Å². The first kappa shape index (κ1) is 15.1. The summed E-state index contributed by atoms with van der Waals surface area (Å²) in [6.07, 6.45) is 4.79. The first-order valence-corrected chi connectivity index (χ1v) is 8.34. The number of primary amides is 1. The summed E-state index contributed by atoms with van der Waals surface area (Å²) in [5.74, 6) is 2.17. The molecule has 5 heteroatoms. The van der Waals surface area contributed by atoms with E-state index < -0.39 is 0 Å². The molecule has 0 aromatic heterocycles. The summed E-state index contributed by atoms with van der Waals surface area (Å²) in [6, 6.07) is 0.436. The second kappa shape index (κ2) is 6.02. The van der Waals surface area contributed by atoms with Crippen LogP contribution in [-0.4, -0.2) is 41.2 Å². The zero-order chi connectivity index (χ0) is 13.9. The molecule has 1 spiro atoms. The van der Waals surface area contributed by atoms with E-state index in [2.05, 4.69) is 19.2 Å². The Hall–Kier alpha value is -0.260. The molecule has 2 saturated heterocycles. The molecule has 0 bridgehead atoms. The number of hydrogen-bond acceptors (Lipinski definition) is 4. The lowest BCUT2D eigenvalue weighted by atomic mass is 9.84. The normalized spacial score (nSPS) is 27.4. The van der Waals surface area contributed by atoms with E-state index in [4.69, 9.17) is 10.5 Å². The van der Waals surface area contributed by atoms with Gasteiger partial charge in [-0.15, -0.1) is 0 Å². The maximum Gasteiger partial charge on any atom is 0.219 e. The first-order chi connectivity index (χ1) is 8.91. The first-order valence-electron chi connectivity index (χ1n) is 7.19. The van der Waals surface area contributed by atoms with Crippen molar-refractivity contribution in [2.24, 2.45) is 5.73 Å². The van der Waals surface area contributed by atoms with Gasteiger partial charge in [0.15, 0.2) is 0 Å². The van der Waals surface area contributed by atoms with Gasteiger partial charge < -0.3 is 15.8 Å². The second-order valence-corrected chi connectivity index (χ2v) is 7.73. The van der Waals surface area contributed by atoms with Crippen LogP contribution < -0.4 is 11.1 Å². The maximum atomic E-state index is 11.1. The number of ether oxygens (including phenoxy) is 1. The minimum atomic E-state index is -0.242. The third-order valence-corrected chi connectivity index (χ3v) is 5.09. The molecule has 0 aliphatic carbocycles. The van der Waals surface area contributed by atoms with Gasteiger partial charge in [0.2, 0.25) is 5.91 Å². The number of carbonyl (C=O) groups is 1. The van der Waals surface area contributed by atoms with Gasteiger partial charge in [-0.2, -0.15) is 11.8 Å². The van der Waals surface area contributed by atoms with E-state index in [1.807, 2.05) is 11.8 Å². The fraction of sp³-hybridized carbons (Fsp3) is 0.929. The molecule has 2 fully saturated rings. The van der Waals surface area contributed by atoms with Gasteiger partial charge in [-0.05, 0) is 51.0 Å². The van der Waals surface area contributed by atoms with Crippen LogP contribution in [0.3, 0.4) is 0 Å². The number of amides is 1. The van der Waals surface area contributed by atoms with Crippen LogP contribution in [0.4, 0.5) is 0 Å². The molecule has 0 radical (unpaired) electrons. The van der Waals surface area contributed by atoms with Crippen LogP contribution in [0, 0.1) is 0 Å². The topological polar surface area (TPSA) is 64.4 Å². The summed E-state index contributed by atoms with van der Waals surface area (Å²) in [4.78, 5) is 11.1. The van der Waals surface area contributed by atoms with Crippen LogP contribution in [0.2, 0.25) is 0 Å². The van der Waals surface area contributed by atoms with Crippen molar-refractivity contribution in [3.05, 3.63) is 0 Å². The highest BCUT2D eigenvalue weighted by atomic mass is 32.2. The molecule has 0 aromatic carbocycles. The van der Waals surface area contributed by atoms with E-state index in [1.54, 1.807) is 0 Å². The van der Waals surface area contributed by atoms with E-state index in [1.165, 1.54) is 11.5 Å². The Bertz CT molecular complexity index is 322. The van der Waals surface area contributed by atoms with Gasteiger partial charge in [-0.25, -0.2) is 0 Å². The highest BCUT2D eigenvalue weighted by molar-refractivity contribution is 7.99. The molecule has 0 saturated carbocycles. The van der Waals surface area contributed by atoms with Crippen molar-refractivity contribution in [2.75, 3.05) is 18.1 Å². The van der Waals surface area contributed by atoms with Crippen molar-refractivity contribution >= 4 is 17.7 Å². The lowest BCUT2D eigenvalue weighted by molar-refractivity contribution is -0.119. The molecule has 19 heavy (non-hydrogen) atoms. The van der Waals surface area contributed by atoms with Crippen LogP contribution in [-0.2, 0) is 9.53 Å². The van der Waals surface area contributed by atoms with Crippen molar-refractivity contribution < 1.29 is 9.53 Å². The average molecular weight is 286 g/mol. The molecule has 2 aliphatic heterocycles. The molecule has 2 rings (SSSR count). The number of thioether (sulfide) groups is 1. The summed E-state index contributed by atoms with van der Waals surface area (Å²) in [5.41, 5.74) is 5.18. The van der Waals surface area contributed by atoms with E-state index in [9.17, 15) is 4.79 Å². The molecule has 2 heterocycles. The van der Waals surface area contributed by atoms with Crippen LogP contribution in [0.5, 0.6) is 0 Å². The molecule has 1 unspecified atom stereocenters. The van der Waals surface area contributed by atoms with E-state index >= 15 is 0 Å². The van der Waals surface area contributed by atoms with Gasteiger partial charge in [0, 0.05) is 24.6 Å². The SMILES string of the molecule is CC(C)(CC(N)=O)NC1CCOC2(CCSCC2)C1. The second-order valence-electron chi connectivity index (χ2n) is 6.50. The minimum Gasteiger partial charge on any atom is -0.375 e. The van der Waals surface area contributed by atoms with E-state index in [0.717, 1.165) is 32.3 Å². The average Bonchev–Trinajstić information content (AvgIpc) is 2.27. The number of rotatable bonds is 4. The third-order valence-electron chi connectivity index (χ3n) is 4.11. The fourth-order valence-corrected chi connectivity index (χ4v) is 4.52. The minimum absolute atomic E-state index is 0.0873. The molecule has 110 valence electrons. The Morgan fingerprint density at radius 2 is 2.16 bits per heavy atom. The Balaban J connectivity index is 1.92. The van der Waals surface area contributed by atoms with Crippen LogP contribution in [0.25, 0.3) is 0 Å². The number of nitrogens with one attached hydrogen (secondary N) is 1. The molecule has 0 aromatic rings. The summed E-state index contributed by atoms with van der Waals surface area (Å²) in [6.45, 7) is 4.93. The molecular formula is C14H26N2O2S. The summed E-state index contributed by atoms with van der Waals surface area (Å²) >= 11 is 2.02. The fourth-order valence-electron chi connectivity index (χ4n) is 3.28. The Morgan fingerprint density at radius 3 is 2.79 bits per heavy atom. The van der Waals surface area contributed by atoms with Gasteiger partial charge in [-0.1, -0.05) is 0 Å². The van der Waals surface area contributed by atoms with Gasteiger partial charge >= 0.3 is 0 Å². The third kappa shape index (κ3) is 4.36. The van der Waals surface area contributed by atoms with Crippen LogP contribution in [0.1, 0.15) is 46.0 Å². The van der Waals surface area contributed by atoms with E-state index in [-0.39, 0.29) is 17.0 Å². The van der Waals surface area contributed by atoms with Crippen LogP contribution in [0.15, 0.2) is 0 Å². The molecule has 3 N–H and O–H groups in total. The van der Waals surface area contributed by atoms with Crippen LogP contribution >= 0.6 is 11.8 Å².